The summed E-state index contributed by atoms with van der Waals surface area (Å²) in [5.41, 5.74) is 6.81. The van der Waals surface area contributed by atoms with Crippen molar-refractivity contribution in [3.63, 3.8) is 0 Å². The average Bonchev–Trinajstić information content (AvgIpc) is 2.23. The number of benzene rings is 1. The molecule has 4 heteroatoms. The maximum Gasteiger partial charge on any atom is 0.254 e. The summed E-state index contributed by atoms with van der Waals surface area (Å²) in [5, 5.41) is 0. The molecule has 0 unspecified atom stereocenters. The number of carbonyl (C=O) groups excluding carboxylic acids is 1. The number of hydrogen-bond donors (Lipinski definition) is 1. The van der Waals surface area contributed by atoms with Gasteiger partial charge in [0, 0.05) is 25.2 Å². The second-order valence-corrected chi connectivity index (χ2v) is 3.63. The molecule has 0 atom stereocenters. The Morgan fingerprint density at radius 2 is 2.27 bits per heavy atom. The minimum absolute atomic E-state index is 0.110. The van der Waals surface area contributed by atoms with Gasteiger partial charge < -0.3 is 10.6 Å². The Hall–Kier alpha value is -1.42. The predicted octanol–water partition coefficient (Wildman–Crippen LogP) is 0.783. The molecule has 1 amide bonds. The monoisotopic (exact) mass is 208 g/mol. The Balaban J connectivity index is 2.32. The van der Waals surface area contributed by atoms with E-state index in [-0.39, 0.29) is 11.7 Å². The molecule has 80 valence electrons. The van der Waals surface area contributed by atoms with Crippen LogP contribution in [0.5, 0.6) is 0 Å². The summed E-state index contributed by atoms with van der Waals surface area (Å²) >= 11 is 0. The van der Waals surface area contributed by atoms with Crippen molar-refractivity contribution in [3.05, 3.63) is 35.1 Å². The number of amides is 1. The van der Waals surface area contributed by atoms with Crippen LogP contribution in [0.3, 0.4) is 0 Å². The Morgan fingerprint density at radius 1 is 1.47 bits per heavy atom. The van der Waals surface area contributed by atoms with E-state index in [2.05, 4.69) is 0 Å². The molecular weight excluding hydrogens is 195 g/mol. The predicted molar refractivity (Wildman–Crippen MR) is 55.1 cm³/mol. The van der Waals surface area contributed by atoms with Gasteiger partial charge >= 0.3 is 0 Å². The molecule has 1 aromatic carbocycles. The minimum atomic E-state index is -0.364. The van der Waals surface area contributed by atoms with Crippen LogP contribution < -0.4 is 5.73 Å². The van der Waals surface area contributed by atoms with Crippen molar-refractivity contribution in [1.29, 1.82) is 0 Å². The second kappa shape index (κ2) is 3.98. The highest BCUT2D eigenvalue weighted by Gasteiger charge is 2.23. The van der Waals surface area contributed by atoms with Gasteiger partial charge in [-0.15, -0.1) is 0 Å². The van der Waals surface area contributed by atoms with Crippen LogP contribution in [0.1, 0.15) is 15.9 Å². The van der Waals surface area contributed by atoms with Crippen LogP contribution in [0.4, 0.5) is 4.39 Å². The second-order valence-electron chi connectivity index (χ2n) is 3.63. The SMILES string of the molecule is NCCN1CCc2ccc(F)cc2C1=O. The normalized spacial score (nSPS) is 15.3. The van der Waals surface area contributed by atoms with Crippen LogP contribution in [0, 0.1) is 5.82 Å². The molecule has 0 saturated carbocycles. The van der Waals surface area contributed by atoms with Gasteiger partial charge in [0.1, 0.15) is 5.82 Å². The topological polar surface area (TPSA) is 46.3 Å². The van der Waals surface area contributed by atoms with E-state index in [9.17, 15) is 9.18 Å². The molecule has 1 aliphatic rings. The van der Waals surface area contributed by atoms with E-state index in [1.54, 1.807) is 11.0 Å². The van der Waals surface area contributed by atoms with Crippen molar-refractivity contribution in [2.45, 2.75) is 6.42 Å². The van der Waals surface area contributed by atoms with E-state index in [1.807, 2.05) is 0 Å². The van der Waals surface area contributed by atoms with Gasteiger partial charge in [-0.3, -0.25) is 4.79 Å². The third-order valence-corrected chi connectivity index (χ3v) is 2.64. The Morgan fingerprint density at radius 3 is 3.00 bits per heavy atom. The van der Waals surface area contributed by atoms with Crippen molar-refractivity contribution in [3.8, 4) is 0 Å². The largest absolute Gasteiger partial charge is 0.337 e. The van der Waals surface area contributed by atoms with Crippen LogP contribution in [-0.2, 0) is 6.42 Å². The maximum absolute atomic E-state index is 13.0. The molecule has 15 heavy (non-hydrogen) atoms. The molecule has 2 N–H and O–H groups in total. The van der Waals surface area contributed by atoms with Gasteiger partial charge in [0.15, 0.2) is 0 Å². The van der Waals surface area contributed by atoms with E-state index < -0.39 is 0 Å². The van der Waals surface area contributed by atoms with Crippen LogP contribution in [0.25, 0.3) is 0 Å². The van der Waals surface area contributed by atoms with Gasteiger partial charge in [0.05, 0.1) is 0 Å². The number of carbonyl (C=O) groups is 1. The third-order valence-electron chi connectivity index (χ3n) is 2.64. The molecule has 0 radical (unpaired) electrons. The first kappa shape index (κ1) is 10.1. The summed E-state index contributed by atoms with van der Waals surface area (Å²) in [7, 11) is 0. The Labute approximate surface area is 87.7 Å². The number of halogens is 1. The Kier molecular flexibility index (Phi) is 2.68. The highest BCUT2D eigenvalue weighted by atomic mass is 19.1. The summed E-state index contributed by atoms with van der Waals surface area (Å²) in [6.07, 6.45) is 0.779. The van der Waals surface area contributed by atoms with Crippen molar-refractivity contribution < 1.29 is 9.18 Å². The van der Waals surface area contributed by atoms with E-state index in [4.69, 9.17) is 5.73 Å². The zero-order chi connectivity index (χ0) is 10.8. The third kappa shape index (κ3) is 1.85. The number of rotatable bonds is 2. The molecule has 0 spiro atoms. The van der Waals surface area contributed by atoms with E-state index in [0.717, 1.165) is 12.0 Å². The first-order chi connectivity index (χ1) is 7.22. The van der Waals surface area contributed by atoms with Gasteiger partial charge in [0.25, 0.3) is 5.91 Å². The molecule has 1 aliphatic heterocycles. The highest BCUT2D eigenvalue weighted by Crippen LogP contribution is 2.19. The van der Waals surface area contributed by atoms with Gasteiger partial charge in [-0.1, -0.05) is 6.07 Å². The summed E-state index contributed by atoms with van der Waals surface area (Å²) in [5.74, 6) is -0.474. The van der Waals surface area contributed by atoms with E-state index >= 15 is 0 Å². The lowest BCUT2D eigenvalue weighted by Crippen LogP contribution is -2.40. The van der Waals surface area contributed by atoms with Crippen molar-refractivity contribution in [2.24, 2.45) is 5.73 Å². The number of hydrogen-bond acceptors (Lipinski definition) is 2. The molecule has 0 aromatic heterocycles. The molecular formula is C11H13FN2O. The average molecular weight is 208 g/mol. The Bertz CT molecular complexity index is 392. The standard InChI is InChI=1S/C11H13FN2O/c12-9-2-1-8-3-5-14(6-4-13)11(15)10(8)7-9/h1-2,7H,3-6,13H2. The zero-order valence-corrected chi connectivity index (χ0v) is 8.37. The highest BCUT2D eigenvalue weighted by molar-refractivity contribution is 5.96. The lowest BCUT2D eigenvalue weighted by molar-refractivity contribution is 0.0744. The molecule has 0 bridgehead atoms. The fourth-order valence-corrected chi connectivity index (χ4v) is 1.86. The molecule has 0 aliphatic carbocycles. The van der Waals surface area contributed by atoms with Crippen LogP contribution in [0.15, 0.2) is 18.2 Å². The summed E-state index contributed by atoms with van der Waals surface area (Å²) < 4.78 is 13.0. The van der Waals surface area contributed by atoms with Crippen molar-refractivity contribution >= 4 is 5.91 Å². The van der Waals surface area contributed by atoms with Gasteiger partial charge in [0.2, 0.25) is 0 Å². The quantitative estimate of drug-likeness (QED) is 0.780. The van der Waals surface area contributed by atoms with Gasteiger partial charge in [-0.2, -0.15) is 0 Å². The minimum Gasteiger partial charge on any atom is -0.337 e. The molecule has 0 saturated heterocycles. The lowest BCUT2D eigenvalue weighted by atomic mass is 9.99. The molecule has 1 aromatic rings. The van der Waals surface area contributed by atoms with Crippen LogP contribution in [0.2, 0.25) is 0 Å². The first-order valence-corrected chi connectivity index (χ1v) is 5.00. The molecule has 1 heterocycles. The first-order valence-electron chi connectivity index (χ1n) is 5.00. The van der Waals surface area contributed by atoms with Crippen molar-refractivity contribution in [2.75, 3.05) is 19.6 Å². The number of nitrogens with zero attached hydrogens (tertiary/aromatic N) is 1. The maximum atomic E-state index is 13.0. The molecule has 3 nitrogen and oxygen atoms in total. The fourth-order valence-electron chi connectivity index (χ4n) is 1.86. The van der Waals surface area contributed by atoms with E-state index in [1.165, 1.54) is 12.1 Å². The lowest BCUT2D eigenvalue weighted by Gasteiger charge is -2.28. The summed E-state index contributed by atoms with van der Waals surface area (Å²) in [4.78, 5) is 13.5. The zero-order valence-electron chi connectivity index (χ0n) is 8.37. The summed E-state index contributed by atoms with van der Waals surface area (Å²) in [6.45, 7) is 1.65. The van der Waals surface area contributed by atoms with Crippen LogP contribution >= 0.6 is 0 Å². The van der Waals surface area contributed by atoms with E-state index in [0.29, 0.717) is 25.2 Å². The number of nitrogens with two attached hydrogens (primary N) is 1. The molecule has 2 rings (SSSR count). The smallest absolute Gasteiger partial charge is 0.254 e. The summed E-state index contributed by atoms with van der Waals surface area (Å²) in [6, 6.07) is 4.38. The fraction of sp³-hybridized carbons (Fsp3) is 0.364. The number of fused-ring (bicyclic) bond motifs is 1. The molecule has 0 fully saturated rings. The van der Waals surface area contributed by atoms with Gasteiger partial charge in [-0.05, 0) is 24.1 Å². The van der Waals surface area contributed by atoms with Crippen LogP contribution in [-0.4, -0.2) is 30.4 Å². The van der Waals surface area contributed by atoms with Crippen molar-refractivity contribution in [1.82, 2.24) is 4.90 Å². The van der Waals surface area contributed by atoms with Gasteiger partial charge in [-0.25, -0.2) is 4.39 Å².